The number of tetrazole rings is 1. The summed E-state index contributed by atoms with van der Waals surface area (Å²) in [6.07, 6.45) is 0. The van der Waals surface area contributed by atoms with Gasteiger partial charge in [-0.05, 0) is 57.4 Å². The number of aryl methyl sites for hydroxylation is 1. The fourth-order valence-electron chi connectivity index (χ4n) is 1.84. The van der Waals surface area contributed by atoms with Crippen LogP contribution in [-0.2, 0) is 6.54 Å². The van der Waals surface area contributed by atoms with Crippen LogP contribution in [0.2, 0.25) is 0 Å². The molecule has 1 aromatic heterocycles. The zero-order valence-electron chi connectivity index (χ0n) is 11.7. The van der Waals surface area contributed by atoms with E-state index < -0.39 is 0 Å². The van der Waals surface area contributed by atoms with Gasteiger partial charge in [0.1, 0.15) is 5.82 Å². The molecule has 0 aliphatic rings. The molecule has 2 rings (SSSR count). The number of aromatic nitrogens is 4. The van der Waals surface area contributed by atoms with Gasteiger partial charge >= 0.3 is 0 Å². The molecule has 0 aliphatic carbocycles. The molecule has 7 heteroatoms. The van der Waals surface area contributed by atoms with Crippen molar-refractivity contribution in [1.29, 1.82) is 0 Å². The number of nitrogens with zero attached hydrogens (tertiary/aromatic N) is 4. The van der Waals surface area contributed by atoms with Crippen LogP contribution in [0.1, 0.15) is 25.2 Å². The summed E-state index contributed by atoms with van der Waals surface area (Å²) in [5.41, 5.74) is 1.55. The molecule has 0 fully saturated rings. The minimum Gasteiger partial charge on any atom is -0.310 e. The van der Waals surface area contributed by atoms with Gasteiger partial charge in [-0.2, -0.15) is 4.68 Å². The van der Waals surface area contributed by atoms with Crippen LogP contribution >= 0.6 is 15.9 Å². The maximum Gasteiger partial charge on any atom is 0.170 e. The Balaban J connectivity index is 2.25. The number of halogens is 2. The first-order chi connectivity index (χ1) is 9.49. The van der Waals surface area contributed by atoms with Crippen LogP contribution in [0.3, 0.4) is 0 Å². The fraction of sp³-hybridized carbons (Fsp3) is 0.462. The van der Waals surface area contributed by atoms with Crippen molar-refractivity contribution in [3.05, 3.63) is 33.8 Å². The lowest BCUT2D eigenvalue weighted by Gasteiger charge is -2.10. The Morgan fingerprint density at radius 2 is 2.15 bits per heavy atom. The molecule has 0 unspecified atom stereocenters. The monoisotopic (exact) mass is 341 g/mol. The highest BCUT2D eigenvalue weighted by Crippen LogP contribution is 2.23. The van der Waals surface area contributed by atoms with Gasteiger partial charge in [0.2, 0.25) is 0 Å². The molecule has 1 N–H and O–H groups in total. The molecule has 5 nitrogen and oxygen atoms in total. The van der Waals surface area contributed by atoms with E-state index in [9.17, 15) is 4.39 Å². The van der Waals surface area contributed by atoms with Gasteiger partial charge in [-0.15, -0.1) is 5.10 Å². The lowest BCUT2D eigenvalue weighted by molar-refractivity contribution is 0.537. The van der Waals surface area contributed by atoms with Gasteiger partial charge in [0.05, 0.1) is 16.7 Å². The van der Waals surface area contributed by atoms with E-state index in [1.165, 1.54) is 6.07 Å². The Hall–Kier alpha value is -1.34. The molecule has 0 saturated carbocycles. The summed E-state index contributed by atoms with van der Waals surface area (Å²) in [4.78, 5) is 0. The standard InChI is InChI=1S/C13H17BrFN5/c1-8(2)6-16-7-13-17-18-19-20(13)12-5-11(15)10(14)4-9(12)3/h4-5,8,16H,6-7H2,1-3H3. The molecule has 0 aliphatic heterocycles. The third kappa shape index (κ3) is 3.40. The number of nitrogens with one attached hydrogen (secondary N) is 1. The summed E-state index contributed by atoms with van der Waals surface area (Å²) < 4.78 is 15.7. The molecule has 0 atom stereocenters. The van der Waals surface area contributed by atoms with Crippen molar-refractivity contribution in [3.63, 3.8) is 0 Å². The quantitative estimate of drug-likeness (QED) is 0.908. The Labute approximate surface area is 125 Å². The Kier molecular flexibility index (Phi) is 4.82. The van der Waals surface area contributed by atoms with Crippen molar-refractivity contribution < 1.29 is 4.39 Å². The van der Waals surface area contributed by atoms with Crippen LogP contribution in [0.5, 0.6) is 0 Å². The molecule has 0 saturated heterocycles. The largest absolute Gasteiger partial charge is 0.310 e. The molecule has 0 radical (unpaired) electrons. The first kappa shape index (κ1) is 15.1. The van der Waals surface area contributed by atoms with E-state index in [-0.39, 0.29) is 5.82 Å². The highest BCUT2D eigenvalue weighted by molar-refractivity contribution is 9.10. The Morgan fingerprint density at radius 1 is 1.40 bits per heavy atom. The van der Waals surface area contributed by atoms with Crippen LogP contribution in [0.15, 0.2) is 16.6 Å². The summed E-state index contributed by atoms with van der Waals surface area (Å²) >= 11 is 3.17. The van der Waals surface area contributed by atoms with Crippen molar-refractivity contribution >= 4 is 15.9 Å². The third-order valence-electron chi connectivity index (χ3n) is 2.84. The maximum atomic E-state index is 13.7. The second-order valence-electron chi connectivity index (χ2n) is 5.08. The summed E-state index contributed by atoms with van der Waals surface area (Å²) in [6, 6.07) is 3.15. The summed E-state index contributed by atoms with van der Waals surface area (Å²) in [5, 5.41) is 14.9. The third-order valence-corrected chi connectivity index (χ3v) is 3.44. The van der Waals surface area contributed by atoms with Crippen LogP contribution in [-0.4, -0.2) is 26.8 Å². The highest BCUT2D eigenvalue weighted by Gasteiger charge is 2.13. The molecule has 1 aromatic carbocycles. The van der Waals surface area contributed by atoms with E-state index in [2.05, 4.69) is 50.6 Å². The summed E-state index contributed by atoms with van der Waals surface area (Å²) in [6.45, 7) is 7.57. The van der Waals surface area contributed by atoms with Crippen LogP contribution in [0.4, 0.5) is 4.39 Å². The summed E-state index contributed by atoms with van der Waals surface area (Å²) in [7, 11) is 0. The smallest absolute Gasteiger partial charge is 0.170 e. The molecule has 0 bridgehead atoms. The van der Waals surface area contributed by atoms with Crippen LogP contribution in [0, 0.1) is 18.7 Å². The topological polar surface area (TPSA) is 55.6 Å². The van der Waals surface area contributed by atoms with E-state index in [1.54, 1.807) is 10.7 Å². The van der Waals surface area contributed by atoms with Crippen molar-refractivity contribution in [2.75, 3.05) is 6.54 Å². The zero-order chi connectivity index (χ0) is 14.7. The van der Waals surface area contributed by atoms with Gasteiger partial charge in [-0.1, -0.05) is 13.8 Å². The molecular weight excluding hydrogens is 325 g/mol. The minimum atomic E-state index is -0.331. The highest BCUT2D eigenvalue weighted by atomic mass is 79.9. The van der Waals surface area contributed by atoms with E-state index in [0.29, 0.717) is 28.4 Å². The van der Waals surface area contributed by atoms with Crippen molar-refractivity contribution in [1.82, 2.24) is 25.5 Å². The Morgan fingerprint density at radius 3 is 2.85 bits per heavy atom. The van der Waals surface area contributed by atoms with Crippen molar-refractivity contribution in [3.8, 4) is 5.69 Å². The van der Waals surface area contributed by atoms with E-state index >= 15 is 0 Å². The fourth-order valence-corrected chi connectivity index (χ4v) is 2.30. The van der Waals surface area contributed by atoms with Gasteiger partial charge in [0, 0.05) is 6.07 Å². The molecule has 0 amide bonds. The van der Waals surface area contributed by atoms with Crippen LogP contribution < -0.4 is 5.32 Å². The second kappa shape index (κ2) is 6.41. The molecule has 1 heterocycles. The van der Waals surface area contributed by atoms with E-state index in [1.807, 2.05) is 6.92 Å². The second-order valence-corrected chi connectivity index (χ2v) is 5.94. The maximum absolute atomic E-state index is 13.7. The average Bonchev–Trinajstić information content (AvgIpc) is 2.81. The molecule has 108 valence electrons. The number of hydrogen-bond acceptors (Lipinski definition) is 4. The molecule has 0 spiro atoms. The zero-order valence-corrected chi connectivity index (χ0v) is 13.3. The normalized spacial score (nSPS) is 11.3. The Bertz CT molecular complexity index is 596. The predicted molar refractivity (Wildman–Crippen MR) is 78.1 cm³/mol. The number of hydrogen-bond donors (Lipinski definition) is 1. The van der Waals surface area contributed by atoms with Gasteiger partial charge in [0.15, 0.2) is 5.82 Å². The van der Waals surface area contributed by atoms with Gasteiger partial charge in [0.25, 0.3) is 0 Å². The van der Waals surface area contributed by atoms with E-state index in [0.717, 1.165) is 12.1 Å². The van der Waals surface area contributed by atoms with Gasteiger partial charge in [-0.3, -0.25) is 0 Å². The van der Waals surface area contributed by atoms with Crippen molar-refractivity contribution in [2.24, 2.45) is 5.92 Å². The first-order valence-corrected chi connectivity index (χ1v) is 7.22. The predicted octanol–water partition coefficient (Wildman–Crippen LogP) is 2.62. The summed E-state index contributed by atoms with van der Waals surface area (Å²) in [5.74, 6) is 0.879. The lowest BCUT2D eigenvalue weighted by Crippen LogP contribution is -2.21. The van der Waals surface area contributed by atoms with Gasteiger partial charge < -0.3 is 5.32 Å². The molecule has 2 aromatic rings. The number of rotatable bonds is 5. The lowest BCUT2D eigenvalue weighted by atomic mass is 10.2. The average molecular weight is 342 g/mol. The first-order valence-electron chi connectivity index (χ1n) is 6.43. The SMILES string of the molecule is Cc1cc(Br)c(F)cc1-n1nnnc1CNCC(C)C. The van der Waals surface area contributed by atoms with E-state index in [4.69, 9.17) is 0 Å². The molecular formula is C13H17BrFN5. The van der Waals surface area contributed by atoms with Gasteiger partial charge in [-0.25, -0.2) is 4.39 Å². The van der Waals surface area contributed by atoms with Crippen LogP contribution in [0.25, 0.3) is 5.69 Å². The van der Waals surface area contributed by atoms with Crippen molar-refractivity contribution in [2.45, 2.75) is 27.3 Å². The number of benzene rings is 1. The molecule has 20 heavy (non-hydrogen) atoms. The minimum absolute atomic E-state index is 0.331.